The fraction of sp³-hybridized carbons (Fsp3) is 0.231. The molecule has 2 rings (SSSR count). The second-order valence-electron chi connectivity index (χ2n) is 4.26. The van der Waals surface area contributed by atoms with E-state index in [1.807, 2.05) is 0 Å². The van der Waals surface area contributed by atoms with E-state index in [0.29, 0.717) is 30.8 Å². The zero-order chi connectivity index (χ0) is 15.2. The highest BCUT2D eigenvalue weighted by Gasteiger charge is 2.15. The van der Waals surface area contributed by atoms with Gasteiger partial charge < -0.3 is 10.1 Å². The van der Waals surface area contributed by atoms with Gasteiger partial charge >= 0.3 is 0 Å². The van der Waals surface area contributed by atoms with E-state index in [0.717, 1.165) is 0 Å². The van der Waals surface area contributed by atoms with Gasteiger partial charge in [0.25, 0.3) is 5.69 Å². The number of anilines is 2. The van der Waals surface area contributed by atoms with Gasteiger partial charge in [-0.15, -0.1) is 0 Å². The zero-order valence-corrected chi connectivity index (χ0v) is 11.4. The largest absolute Gasteiger partial charge is 0.383 e. The Kier molecular flexibility index (Phi) is 4.62. The molecule has 110 valence electrons. The number of benzene rings is 1. The Hall–Kier alpha value is -2.74. The number of nitrogens with one attached hydrogen (secondary N) is 1. The van der Waals surface area contributed by atoms with Crippen LogP contribution in [0.5, 0.6) is 0 Å². The molecule has 2 aromatic rings. The van der Waals surface area contributed by atoms with E-state index >= 15 is 0 Å². The Morgan fingerprint density at radius 3 is 3.00 bits per heavy atom. The van der Waals surface area contributed by atoms with Gasteiger partial charge in [0, 0.05) is 24.9 Å². The molecule has 0 fully saturated rings. The van der Waals surface area contributed by atoms with Gasteiger partial charge in [-0.3, -0.25) is 19.6 Å². The summed E-state index contributed by atoms with van der Waals surface area (Å²) in [7, 11) is 1.60. The maximum Gasteiger partial charge on any atom is 0.293 e. The summed E-state index contributed by atoms with van der Waals surface area (Å²) >= 11 is 0. The lowest BCUT2D eigenvalue weighted by Gasteiger charge is -2.05. The van der Waals surface area contributed by atoms with Crippen LogP contribution in [0.4, 0.5) is 17.1 Å². The molecular formula is C13H14N4O4. The quantitative estimate of drug-likeness (QED) is 0.475. The SMILES string of the molecule is COCCn1cc(Nc2ccc(C=O)cc2[N+](=O)[O-])cn1. The standard InChI is InChI=1S/C13H14N4O4/c1-21-5-4-16-8-11(7-14-16)15-12-3-2-10(9-18)6-13(12)17(19)20/h2-3,6-9,15H,4-5H2,1H3. The Bertz CT molecular complexity index is 653. The van der Waals surface area contributed by atoms with Crippen molar-refractivity contribution in [2.24, 2.45) is 0 Å². The molecule has 1 heterocycles. The first-order valence-electron chi connectivity index (χ1n) is 6.16. The van der Waals surface area contributed by atoms with Crippen LogP contribution < -0.4 is 5.32 Å². The fourth-order valence-electron chi connectivity index (χ4n) is 1.77. The molecular weight excluding hydrogens is 276 g/mol. The van der Waals surface area contributed by atoms with Crippen LogP contribution in [0.2, 0.25) is 0 Å². The molecule has 0 spiro atoms. The van der Waals surface area contributed by atoms with Crippen molar-refractivity contribution >= 4 is 23.3 Å². The number of aldehydes is 1. The van der Waals surface area contributed by atoms with E-state index in [1.54, 1.807) is 24.2 Å². The van der Waals surface area contributed by atoms with Gasteiger partial charge in [-0.05, 0) is 12.1 Å². The van der Waals surface area contributed by atoms with Gasteiger partial charge in [0.15, 0.2) is 0 Å². The smallest absolute Gasteiger partial charge is 0.293 e. The topological polar surface area (TPSA) is 99.3 Å². The van der Waals surface area contributed by atoms with Crippen LogP contribution in [0.25, 0.3) is 0 Å². The summed E-state index contributed by atoms with van der Waals surface area (Å²) in [5.41, 5.74) is 1.01. The van der Waals surface area contributed by atoms with E-state index in [2.05, 4.69) is 10.4 Å². The summed E-state index contributed by atoms with van der Waals surface area (Å²) in [5.74, 6) is 0. The highest BCUT2D eigenvalue weighted by Crippen LogP contribution is 2.28. The first kappa shape index (κ1) is 14.7. The predicted molar refractivity (Wildman–Crippen MR) is 75.9 cm³/mol. The number of carbonyl (C=O) groups is 1. The van der Waals surface area contributed by atoms with Crippen LogP contribution in [0, 0.1) is 10.1 Å². The molecule has 0 saturated heterocycles. The summed E-state index contributed by atoms with van der Waals surface area (Å²) in [6.07, 6.45) is 3.85. The molecule has 0 radical (unpaired) electrons. The van der Waals surface area contributed by atoms with Gasteiger partial charge in [-0.25, -0.2) is 0 Å². The third kappa shape index (κ3) is 3.63. The third-order valence-corrected chi connectivity index (χ3v) is 2.79. The highest BCUT2D eigenvalue weighted by atomic mass is 16.6. The molecule has 0 aliphatic carbocycles. The third-order valence-electron chi connectivity index (χ3n) is 2.79. The first-order valence-corrected chi connectivity index (χ1v) is 6.16. The van der Waals surface area contributed by atoms with Crippen LogP contribution in [0.15, 0.2) is 30.6 Å². The fourth-order valence-corrected chi connectivity index (χ4v) is 1.77. The Balaban J connectivity index is 2.20. The van der Waals surface area contributed by atoms with Crippen molar-refractivity contribution in [1.82, 2.24) is 9.78 Å². The van der Waals surface area contributed by atoms with Crippen LogP contribution in [-0.2, 0) is 11.3 Å². The molecule has 0 bridgehead atoms. The van der Waals surface area contributed by atoms with E-state index in [9.17, 15) is 14.9 Å². The number of carbonyl (C=O) groups excluding carboxylic acids is 1. The number of rotatable bonds is 7. The van der Waals surface area contributed by atoms with Crippen molar-refractivity contribution in [3.8, 4) is 0 Å². The molecule has 1 N–H and O–H groups in total. The average Bonchev–Trinajstić information content (AvgIpc) is 2.92. The zero-order valence-electron chi connectivity index (χ0n) is 11.4. The molecule has 1 aromatic carbocycles. The highest BCUT2D eigenvalue weighted by molar-refractivity contribution is 5.80. The van der Waals surface area contributed by atoms with E-state index in [4.69, 9.17) is 4.74 Å². The molecule has 0 aliphatic rings. The van der Waals surface area contributed by atoms with Crippen LogP contribution in [0.3, 0.4) is 0 Å². The molecule has 0 saturated carbocycles. The minimum absolute atomic E-state index is 0.163. The monoisotopic (exact) mass is 290 g/mol. The Morgan fingerprint density at radius 2 is 2.33 bits per heavy atom. The second kappa shape index (κ2) is 6.62. The number of hydrogen-bond acceptors (Lipinski definition) is 6. The molecule has 0 aliphatic heterocycles. The number of ether oxygens (including phenoxy) is 1. The minimum Gasteiger partial charge on any atom is -0.383 e. The van der Waals surface area contributed by atoms with Crippen molar-refractivity contribution in [3.63, 3.8) is 0 Å². The van der Waals surface area contributed by atoms with E-state index < -0.39 is 4.92 Å². The number of hydrogen-bond donors (Lipinski definition) is 1. The maximum absolute atomic E-state index is 11.0. The maximum atomic E-state index is 11.0. The van der Waals surface area contributed by atoms with Gasteiger partial charge in [0.2, 0.25) is 0 Å². The van der Waals surface area contributed by atoms with Crippen molar-refractivity contribution in [2.45, 2.75) is 6.54 Å². The summed E-state index contributed by atoms with van der Waals surface area (Å²) in [5, 5.41) is 18.1. The molecule has 0 unspecified atom stereocenters. The van der Waals surface area contributed by atoms with Gasteiger partial charge in [-0.1, -0.05) is 0 Å². The van der Waals surface area contributed by atoms with Crippen LogP contribution in [-0.4, -0.2) is 34.7 Å². The van der Waals surface area contributed by atoms with Crippen molar-refractivity contribution < 1.29 is 14.5 Å². The van der Waals surface area contributed by atoms with Crippen molar-refractivity contribution in [2.75, 3.05) is 19.0 Å². The van der Waals surface area contributed by atoms with Gasteiger partial charge in [0.1, 0.15) is 12.0 Å². The molecule has 21 heavy (non-hydrogen) atoms. The number of methoxy groups -OCH3 is 1. The second-order valence-corrected chi connectivity index (χ2v) is 4.26. The Labute approximate surface area is 120 Å². The average molecular weight is 290 g/mol. The lowest BCUT2D eigenvalue weighted by molar-refractivity contribution is -0.383. The molecule has 1 aromatic heterocycles. The lowest BCUT2D eigenvalue weighted by atomic mass is 10.2. The molecule has 8 heteroatoms. The minimum atomic E-state index is -0.537. The molecule has 0 amide bonds. The van der Waals surface area contributed by atoms with Crippen LogP contribution in [0.1, 0.15) is 10.4 Å². The number of nitrogens with zero attached hydrogens (tertiary/aromatic N) is 3. The lowest BCUT2D eigenvalue weighted by Crippen LogP contribution is -2.04. The first-order chi connectivity index (χ1) is 10.1. The number of nitro groups is 1. The van der Waals surface area contributed by atoms with Gasteiger partial charge in [-0.2, -0.15) is 5.10 Å². The number of nitro benzene ring substituents is 1. The normalized spacial score (nSPS) is 10.3. The Morgan fingerprint density at radius 1 is 1.52 bits per heavy atom. The molecule has 8 nitrogen and oxygen atoms in total. The number of aromatic nitrogens is 2. The van der Waals surface area contributed by atoms with Gasteiger partial charge in [0.05, 0.1) is 30.0 Å². The van der Waals surface area contributed by atoms with E-state index in [1.165, 1.54) is 18.2 Å². The molecule has 0 atom stereocenters. The summed E-state index contributed by atoms with van der Waals surface area (Å²) in [6, 6.07) is 4.23. The summed E-state index contributed by atoms with van der Waals surface area (Å²) < 4.78 is 6.61. The van der Waals surface area contributed by atoms with Crippen LogP contribution >= 0.6 is 0 Å². The summed E-state index contributed by atoms with van der Waals surface area (Å²) in [6.45, 7) is 1.11. The van der Waals surface area contributed by atoms with E-state index in [-0.39, 0.29) is 11.3 Å². The predicted octanol–water partition coefficient (Wildman–Crippen LogP) is 1.99. The summed E-state index contributed by atoms with van der Waals surface area (Å²) in [4.78, 5) is 21.2. The van der Waals surface area contributed by atoms with Crippen molar-refractivity contribution in [3.05, 3.63) is 46.3 Å². The van der Waals surface area contributed by atoms with Crippen molar-refractivity contribution in [1.29, 1.82) is 0 Å².